The molecule has 1 aromatic heterocycles. The van der Waals surface area contributed by atoms with E-state index >= 15 is 0 Å². The number of amides is 1. The highest BCUT2D eigenvalue weighted by molar-refractivity contribution is 7.99. The lowest BCUT2D eigenvalue weighted by Crippen LogP contribution is -2.32. The van der Waals surface area contributed by atoms with Crippen LogP contribution in [0.3, 0.4) is 0 Å². The first-order chi connectivity index (χ1) is 10.0. The largest absolute Gasteiger partial charge is 0.353 e. The van der Waals surface area contributed by atoms with Crippen molar-refractivity contribution in [2.24, 2.45) is 0 Å². The number of para-hydroxylation sites is 1. The Kier molecular flexibility index (Phi) is 5.01. The Morgan fingerprint density at radius 2 is 2.10 bits per heavy atom. The molecule has 5 nitrogen and oxygen atoms in total. The summed E-state index contributed by atoms with van der Waals surface area (Å²) in [6.45, 7) is 6.26. The van der Waals surface area contributed by atoms with Crippen molar-refractivity contribution in [3.8, 4) is 0 Å². The summed E-state index contributed by atoms with van der Waals surface area (Å²) in [5.74, 6) is 0.197. The molecular weight excluding hydrogens is 286 g/mol. The summed E-state index contributed by atoms with van der Waals surface area (Å²) in [6, 6.07) is 7.38. The molecule has 0 bridgehead atoms. The number of rotatable bonds is 5. The number of hydrogen-bond acceptors (Lipinski definition) is 4. The zero-order chi connectivity index (χ0) is 15.4. The molecule has 0 radical (unpaired) electrons. The van der Waals surface area contributed by atoms with Crippen LogP contribution in [0.25, 0.3) is 10.9 Å². The van der Waals surface area contributed by atoms with Crippen molar-refractivity contribution in [2.45, 2.75) is 38.5 Å². The number of nitrogens with one attached hydrogen (secondary N) is 1. The Morgan fingerprint density at radius 3 is 2.76 bits per heavy atom. The van der Waals surface area contributed by atoms with Crippen LogP contribution in [0, 0.1) is 0 Å². The van der Waals surface area contributed by atoms with Gasteiger partial charge in [-0.1, -0.05) is 23.9 Å². The van der Waals surface area contributed by atoms with Crippen LogP contribution in [0.4, 0.5) is 0 Å². The van der Waals surface area contributed by atoms with Gasteiger partial charge < -0.3 is 5.32 Å². The highest BCUT2D eigenvalue weighted by Gasteiger charge is 2.12. The number of aromatic nitrogens is 2. The van der Waals surface area contributed by atoms with E-state index in [-0.39, 0.29) is 23.3 Å². The van der Waals surface area contributed by atoms with Gasteiger partial charge in [0.1, 0.15) is 0 Å². The molecule has 0 atom stereocenters. The lowest BCUT2D eigenvalue weighted by molar-refractivity contribution is -0.119. The molecule has 0 aliphatic carbocycles. The second kappa shape index (κ2) is 6.76. The molecule has 0 saturated carbocycles. The fourth-order valence-corrected chi connectivity index (χ4v) is 2.90. The van der Waals surface area contributed by atoms with E-state index in [0.717, 1.165) is 0 Å². The lowest BCUT2D eigenvalue weighted by Gasteiger charge is -2.12. The third kappa shape index (κ3) is 3.64. The fraction of sp³-hybridized carbons (Fsp3) is 0.400. The molecule has 0 aliphatic heterocycles. The van der Waals surface area contributed by atoms with Crippen LogP contribution in [0.2, 0.25) is 0 Å². The first kappa shape index (κ1) is 15.6. The zero-order valence-electron chi connectivity index (χ0n) is 12.4. The molecule has 1 heterocycles. The molecule has 21 heavy (non-hydrogen) atoms. The number of nitrogens with zero attached hydrogens (tertiary/aromatic N) is 2. The van der Waals surface area contributed by atoms with Crippen LogP contribution in [0.1, 0.15) is 20.8 Å². The number of carbonyl (C=O) groups is 1. The Labute approximate surface area is 127 Å². The standard InChI is InChI=1S/C15H19N3O2S/c1-4-18-14(20)11-7-5-6-8-12(11)17-15(18)21-9-13(19)16-10(2)3/h5-8,10H,4,9H2,1-3H3,(H,16,19). The molecule has 1 N–H and O–H groups in total. The molecule has 2 aromatic rings. The molecule has 0 fully saturated rings. The van der Waals surface area contributed by atoms with E-state index < -0.39 is 0 Å². The van der Waals surface area contributed by atoms with Crippen LogP contribution in [0.15, 0.2) is 34.2 Å². The van der Waals surface area contributed by atoms with Crippen LogP contribution in [-0.2, 0) is 11.3 Å². The van der Waals surface area contributed by atoms with Crippen molar-refractivity contribution in [2.75, 3.05) is 5.75 Å². The van der Waals surface area contributed by atoms with Gasteiger partial charge in [0, 0.05) is 12.6 Å². The van der Waals surface area contributed by atoms with Gasteiger partial charge in [0.05, 0.1) is 16.7 Å². The number of benzene rings is 1. The van der Waals surface area contributed by atoms with Crippen LogP contribution in [-0.4, -0.2) is 27.3 Å². The number of thioether (sulfide) groups is 1. The van der Waals surface area contributed by atoms with Crippen molar-refractivity contribution in [3.63, 3.8) is 0 Å². The average molecular weight is 305 g/mol. The maximum atomic E-state index is 12.4. The van der Waals surface area contributed by atoms with Gasteiger partial charge in [0.2, 0.25) is 5.91 Å². The van der Waals surface area contributed by atoms with E-state index in [4.69, 9.17) is 0 Å². The quantitative estimate of drug-likeness (QED) is 0.678. The van der Waals surface area contributed by atoms with E-state index in [1.807, 2.05) is 39.0 Å². The number of hydrogen-bond donors (Lipinski definition) is 1. The van der Waals surface area contributed by atoms with Crippen LogP contribution in [0.5, 0.6) is 0 Å². The van der Waals surface area contributed by atoms with Crippen molar-refractivity contribution in [3.05, 3.63) is 34.6 Å². The lowest BCUT2D eigenvalue weighted by atomic mass is 10.2. The first-order valence-electron chi connectivity index (χ1n) is 6.94. The van der Waals surface area contributed by atoms with Gasteiger partial charge in [-0.05, 0) is 32.9 Å². The van der Waals surface area contributed by atoms with Crippen LogP contribution >= 0.6 is 11.8 Å². The summed E-state index contributed by atoms with van der Waals surface area (Å²) in [7, 11) is 0. The summed E-state index contributed by atoms with van der Waals surface area (Å²) in [5.41, 5.74) is 0.605. The maximum Gasteiger partial charge on any atom is 0.262 e. The number of fused-ring (bicyclic) bond motifs is 1. The van der Waals surface area contributed by atoms with Gasteiger partial charge in [0.15, 0.2) is 5.16 Å². The minimum atomic E-state index is -0.0603. The first-order valence-corrected chi connectivity index (χ1v) is 7.93. The minimum Gasteiger partial charge on any atom is -0.353 e. The van der Waals surface area contributed by atoms with Crippen LogP contribution < -0.4 is 10.9 Å². The molecule has 0 saturated heterocycles. The average Bonchev–Trinajstić information content (AvgIpc) is 2.44. The predicted octanol–water partition coefficient (Wildman–Crippen LogP) is 2.03. The molecular formula is C15H19N3O2S. The molecule has 1 aromatic carbocycles. The monoisotopic (exact) mass is 305 g/mol. The van der Waals surface area contributed by atoms with Gasteiger partial charge in [0.25, 0.3) is 5.56 Å². The van der Waals surface area contributed by atoms with E-state index in [1.165, 1.54) is 11.8 Å². The molecule has 2 rings (SSSR count). The topological polar surface area (TPSA) is 64.0 Å². The summed E-state index contributed by atoms with van der Waals surface area (Å²) in [6.07, 6.45) is 0. The van der Waals surface area contributed by atoms with Gasteiger partial charge in [-0.25, -0.2) is 4.98 Å². The Balaban J connectivity index is 2.31. The van der Waals surface area contributed by atoms with Crippen molar-refractivity contribution in [1.82, 2.24) is 14.9 Å². The summed E-state index contributed by atoms with van der Waals surface area (Å²) in [5, 5.41) is 4.02. The molecule has 0 unspecified atom stereocenters. The molecule has 0 aliphatic rings. The van der Waals surface area contributed by atoms with Crippen molar-refractivity contribution >= 4 is 28.6 Å². The second-order valence-electron chi connectivity index (χ2n) is 4.97. The van der Waals surface area contributed by atoms with Gasteiger partial charge in [-0.15, -0.1) is 0 Å². The van der Waals surface area contributed by atoms with Gasteiger partial charge in [-0.3, -0.25) is 14.2 Å². The SMILES string of the molecule is CCn1c(SCC(=O)NC(C)C)nc2ccccc2c1=O. The van der Waals surface area contributed by atoms with Crippen molar-refractivity contribution in [1.29, 1.82) is 0 Å². The zero-order valence-corrected chi connectivity index (χ0v) is 13.2. The normalized spacial score (nSPS) is 11.0. The Bertz CT molecular complexity index is 710. The minimum absolute atomic E-state index is 0.0555. The highest BCUT2D eigenvalue weighted by atomic mass is 32.2. The molecule has 6 heteroatoms. The predicted molar refractivity (Wildman–Crippen MR) is 85.7 cm³/mol. The molecule has 0 spiro atoms. The van der Waals surface area contributed by atoms with E-state index in [9.17, 15) is 9.59 Å². The third-order valence-electron chi connectivity index (χ3n) is 2.92. The smallest absolute Gasteiger partial charge is 0.262 e. The Morgan fingerprint density at radius 1 is 1.38 bits per heavy atom. The fourth-order valence-electron chi connectivity index (χ4n) is 2.03. The molecule has 112 valence electrons. The third-order valence-corrected chi connectivity index (χ3v) is 3.90. The van der Waals surface area contributed by atoms with E-state index in [2.05, 4.69) is 10.3 Å². The highest BCUT2D eigenvalue weighted by Crippen LogP contribution is 2.17. The summed E-state index contributed by atoms with van der Waals surface area (Å²) in [4.78, 5) is 28.6. The van der Waals surface area contributed by atoms with Gasteiger partial charge >= 0.3 is 0 Å². The Hall–Kier alpha value is -1.82. The van der Waals surface area contributed by atoms with Gasteiger partial charge in [-0.2, -0.15) is 0 Å². The number of carbonyl (C=O) groups excluding carboxylic acids is 1. The van der Waals surface area contributed by atoms with E-state index in [1.54, 1.807) is 10.6 Å². The van der Waals surface area contributed by atoms with E-state index in [0.29, 0.717) is 22.6 Å². The maximum absolute atomic E-state index is 12.4. The summed E-state index contributed by atoms with van der Waals surface area (Å²) >= 11 is 1.29. The van der Waals surface area contributed by atoms with Crippen molar-refractivity contribution < 1.29 is 4.79 Å². The summed E-state index contributed by atoms with van der Waals surface area (Å²) < 4.78 is 1.61. The molecule has 1 amide bonds. The second-order valence-corrected chi connectivity index (χ2v) is 5.91.